The van der Waals surface area contributed by atoms with Gasteiger partial charge in [0.25, 0.3) is 0 Å². The van der Waals surface area contributed by atoms with Crippen LogP contribution in [-0.4, -0.2) is 25.9 Å². The lowest BCUT2D eigenvalue weighted by Gasteiger charge is -2.26. The van der Waals surface area contributed by atoms with Crippen LogP contribution in [0.4, 0.5) is 10.0 Å². The van der Waals surface area contributed by atoms with E-state index in [-0.39, 0.29) is 22.5 Å². The van der Waals surface area contributed by atoms with Gasteiger partial charge < -0.3 is 19.2 Å². The van der Waals surface area contributed by atoms with Crippen molar-refractivity contribution in [1.29, 1.82) is 10.5 Å². The summed E-state index contributed by atoms with van der Waals surface area (Å²) >= 11 is 6.37. The molecule has 0 unspecified atom stereocenters. The molecule has 44 heavy (non-hydrogen) atoms. The Balaban J connectivity index is 1.43. The first-order chi connectivity index (χ1) is 21.0. The molecule has 4 heterocycles. The van der Waals surface area contributed by atoms with E-state index in [1.807, 2.05) is 12.1 Å². The molecule has 0 atom stereocenters. The molecule has 2 aliphatic carbocycles. The fraction of sp³-hybridized carbons (Fsp3) is 0.250. The Labute approximate surface area is 270 Å². The summed E-state index contributed by atoms with van der Waals surface area (Å²) < 4.78 is 13.9. The summed E-state index contributed by atoms with van der Waals surface area (Å²) in [5.74, 6) is 0.937. The summed E-state index contributed by atoms with van der Waals surface area (Å²) in [7, 11) is 3.24. The van der Waals surface area contributed by atoms with Crippen molar-refractivity contribution in [1.82, 2.24) is 0 Å². The molecule has 4 aromatic heterocycles. The highest BCUT2D eigenvalue weighted by molar-refractivity contribution is 7.32. The van der Waals surface area contributed by atoms with Crippen LogP contribution in [0.5, 0.6) is 11.5 Å². The van der Waals surface area contributed by atoms with Crippen LogP contribution in [0.2, 0.25) is 0 Å². The number of nitrogens with zero attached hydrogens (tertiary/aromatic N) is 6. The summed E-state index contributed by atoms with van der Waals surface area (Å²) in [4.78, 5) is 19.0. The zero-order valence-corrected chi connectivity index (χ0v) is 27.7. The second-order valence-electron chi connectivity index (χ2n) is 11.0. The molecule has 0 saturated heterocycles. The number of ether oxygens (including phenoxy) is 2. The van der Waals surface area contributed by atoms with Crippen LogP contribution in [0.3, 0.4) is 0 Å². The molecule has 2 aliphatic rings. The molecular weight excluding hydrogens is 629 g/mol. The lowest BCUT2D eigenvalue weighted by atomic mass is 9.79. The Morgan fingerprint density at radius 2 is 1.36 bits per heavy atom. The van der Waals surface area contributed by atoms with Crippen molar-refractivity contribution in [3.05, 3.63) is 68.0 Å². The van der Waals surface area contributed by atoms with Crippen molar-refractivity contribution in [3.8, 4) is 33.4 Å². The molecular formula is C32H22N6O2S4. The van der Waals surface area contributed by atoms with Crippen LogP contribution in [0.1, 0.15) is 43.0 Å². The Hall–Kier alpha value is -4.56. The van der Waals surface area contributed by atoms with E-state index < -0.39 is 0 Å². The lowest BCUT2D eigenvalue weighted by molar-refractivity contribution is 0.415. The number of nitriles is 2. The average molecular weight is 651 g/mol. The van der Waals surface area contributed by atoms with E-state index in [0.29, 0.717) is 21.5 Å². The molecule has 0 fully saturated rings. The van der Waals surface area contributed by atoms with Gasteiger partial charge in [-0.3, -0.25) is 0 Å². The van der Waals surface area contributed by atoms with Gasteiger partial charge in [-0.05, 0) is 28.3 Å². The molecule has 0 aliphatic heterocycles. The zero-order valence-electron chi connectivity index (χ0n) is 24.4. The molecule has 0 amide bonds. The largest absolute Gasteiger partial charge is 0.495 e. The monoisotopic (exact) mass is 650 g/mol. The van der Waals surface area contributed by atoms with Gasteiger partial charge >= 0.3 is 11.7 Å². The van der Waals surface area contributed by atoms with Crippen LogP contribution in [0.25, 0.3) is 40.0 Å². The number of rotatable bonds is 6. The molecule has 0 N–H and O–H groups in total. The lowest BCUT2D eigenvalue weighted by Crippen LogP contribution is -2.15. The number of fused-ring (bicyclic) bond motifs is 4. The van der Waals surface area contributed by atoms with Crippen molar-refractivity contribution in [3.63, 3.8) is 0 Å². The zero-order chi connectivity index (χ0) is 31.6. The maximum atomic E-state index is 9.21. The first-order valence-electron chi connectivity index (χ1n) is 13.2. The minimum atomic E-state index is -0.324. The standard InChI is InChI=1S/C32H22N6O2S4/c1-31(2)15-9-16(27-17(39-7)10-23(43-27)37-21(13-33)35-5)32(3,4)25(15)30-26(31)29-20(42-30)12-19(41-29)28-18(40-8)11-24(44-28)38-22(14-34)36-6/h9-12H,1-4,7-8H3. The van der Waals surface area contributed by atoms with E-state index in [4.69, 9.17) is 27.9 Å². The number of allylic oxidation sites excluding steroid dienone is 4. The molecule has 0 bridgehead atoms. The van der Waals surface area contributed by atoms with Crippen LogP contribution >= 0.6 is 45.3 Å². The topological polar surface area (TPSA) is 99.5 Å². The SMILES string of the molecule is [C-]#[N+]C(C#N)=Nc1cc(OC)c(C2=CC3=C(c4sc5cc(-c6sc(N=C(C#N)[N+]#[C-])cc6OC)sc5c4C3(C)C)C2(C)C)s1. The van der Waals surface area contributed by atoms with Crippen molar-refractivity contribution in [2.45, 2.75) is 33.1 Å². The van der Waals surface area contributed by atoms with E-state index >= 15 is 0 Å². The second-order valence-corrected chi connectivity index (χ2v) is 15.2. The number of hydrogen-bond acceptors (Lipinski definition) is 10. The van der Waals surface area contributed by atoms with Crippen LogP contribution < -0.4 is 9.47 Å². The molecule has 0 radical (unpaired) electrons. The molecule has 0 saturated carbocycles. The van der Waals surface area contributed by atoms with Crippen molar-refractivity contribution < 1.29 is 9.47 Å². The number of hydrogen-bond donors (Lipinski definition) is 0. The van der Waals surface area contributed by atoms with Crippen LogP contribution in [0.15, 0.2) is 39.8 Å². The van der Waals surface area contributed by atoms with Crippen molar-refractivity contribution >= 4 is 87.6 Å². The Morgan fingerprint density at radius 1 is 0.795 bits per heavy atom. The average Bonchev–Trinajstić information content (AvgIpc) is 3.81. The fourth-order valence-electron chi connectivity index (χ4n) is 5.85. The van der Waals surface area contributed by atoms with Gasteiger partial charge in [-0.1, -0.05) is 79.6 Å². The number of thiophene rings is 4. The smallest absolute Gasteiger partial charge is 0.350 e. The maximum Gasteiger partial charge on any atom is 0.350 e. The van der Waals surface area contributed by atoms with Gasteiger partial charge in [0.1, 0.15) is 23.6 Å². The fourth-order valence-corrected chi connectivity index (χ4v) is 11.3. The minimum absolute atomic E-state index is 0.205. The van der Waals surface area contributed by atoms with Gasteiger partial charge in [-0.2, -0.15) is 0 Å². The van der Waals surface area contributed by atoms with Gasteiger partial charge in [-0.25, -0.2) is 10.5 Å². The predicted octanol–water partition coefficient (Wildman–Crippen LogP) is 9.88. The van der Waals surface area contributed by atoms with E-state index in [2.05, 4.69) is 59.5 Å². The Bertz CT molecular complexity index is 2170. The van der Waals surface area contributed by atoms with E-state index in [1.54, 1.807) is 49.0 Å². The summed E-state index contributed by atoms with van der Waals surface area (Å²) in [6, 6.07) is 9.43. The van der Waals surface area contributed by atoms with Gasteiger partial charge in [0.2, 0.25) is 10.0 Å². The van der Waals surface area contributed by atoms with Crippen molar-refractivity contribution in [2.75, 3.05) is 14.2 Å². The van der Waals surface area contributed by atoms with Gasteiger partial charge in [-0.15, -0.1) is 22.7 Å². The molecule has 8 nitrogen and oxygen atoms in total. The Morgan fingerprint density at radius 3 is 1.91 bits per heavy atom. The Kier molecular flexibility index (Phi) is 7.08. The number of amidine groups is 2. The van der Waals surface area contributed by atoms with Gasteiger partial charge in [0, 0.05) is 32.5 Å². The molecule has 0 aromatic carbocycles. The van der Waals surface area contributed by atoms with Gasteiger partial charge in [0.15, 0.2) is 0 Å². The second kappa shape index (κ2) is 10.6. The molecule has 6 rings (SSSR count). The third-order valence-electron chi connectivity index (χ3n) is 7.87. The van der Waals surface area contributed by atoms with E-state index in [0.717, 1.165) is 20.2 Å². The third kappa shape index (κ3) is 4.31. The maximum absolute atomic E-state index is 9.21. The number of methoxy groups -OCH3 is 2. The number of aliphatic imine (C=N–C) groups is 2. The highest BCUT2D eigenvalue weighted by atomic mass is 32.1. The van der Waals surface area contributed by atoms with Crippen molar-refractivity contribution in [2.24, 2.45) is 15.4 Å². The molecule has 216 valence electrons. The predicted molar refractivity (Wildman–Crippen MR) is 181 cm³/mol. The van der Waals surface area contributed by atoms with E-state index in [1.165, 1.54) is 53.7 Å². The molecule has 12 heteroatoms. The van der Waals surface area contributed by atoms with Gasteiger partial charge in [0.05, 0.1) is 33.6 Å². The quantitative estimate of drug-likeness (QED) is 0.118. The highest BCUT2D eigenvalue weighted by Gasteiger charge is 2.50. The normalized spacial score (nSPS) is 16.5. The molecule has 0 spiro atoms. The summed E-state index contributed by atoms with van der Waals surface area (Å²) in [6.07, 6.45) is 2.29. The van der Waals surface area contributed by atoms with Crippen LogP contribution in [0, 0.1) is 41.2 Å². The third-order valence-corrected chi connectivity index (χ3v) is 12.5. The molecule has 4 aromatic rings. The van der Waals surface area contributed by atoms with E-state index in [9.17, 15) is 5.26 Å². The summed E-state index contributed by atoms with van der Waals surface area (Å²) in [5.41, 5.74) is 4.49. The minimum Gasteiger partial charge on any atom is -0.495 e. The van der Waals surface area contributed by atoms with Crippen LogP contribution in [-0.2, 0) is 5.41 Å². The first-order valence-corrected chi connectivity index (χ1v) is 16.4. The summed E-state index contributed by atoms with van der Waals surface area (Å²) in [5, 5.41) is 19.5. The first kappa shape index (κ1) is 29.5. The summed E-state index contributed by atoms with van der Waals surface area (Å²) in [6.45, 7) is 23.4. The highest BCUT2D eigenvalue weighted by Crippen LogP contribution is 2.67.